The minimum absolute atomic E-state index is 0. The highest BCUT2D eigenvalue weighted by atomic mass is 35.5. The molecule has 13 heavy (non-hydrogen) atoms. The molecule has 0 unspecified atom stereocenters. The Balaban J connectivity index is 0.000000845. The number of aromatic hydroxyl groups is 1. The standard InChI is InChI=1S/C10H9NO.ClH/c11-10-8-4-2-1-3-7(8)5-6-9(10)12;/h1-6,12H,11H2;1H. The predicted octanol–water partition coefficient (Wildman–Crippen LogP) is 2.55. The number of halogens is 1. The van der Waals surface area contributed by atoms with Crippen LogP contribution < -0.4 is 5.73 Å². The van der Waals surface area contributed by atoms with Crippen LogP contribution in [0.3, 0.4) is 0 Å². The van der Waals surface area contributed by atoms with Crippen molar-refractivity contribution >= 4 is 28.9 Å². The van der Waals surface area contributed by atoms with Crippen molar-refractivity contribution in [2.75, 3.05) is 5.73 Å². The van der Waals surface area contributed by atoms with Gasteiger partial charge in [-0.3, -0.25) is 0 Å². The van der Waals surface area contributed by atoms with Crippen LogP contribution in [0.15, 0.2) is 36.4 Å². The second kappa shape index (κ2) is 3.54. The molecule has 2 aromatic carbocycles. The summed E-state index contributed by atoms with van der Waals surface area (Å²) in [6.45, 7) is 0. The van der Waals surface area contributed by atoms with E-state index in [1.807, 2.05) is 30.3 Å². The molecule has 68 valence electrons. The molecule has 2 rings (SSSR count). The molecular weight excluding hydrogens is 186 g/mol. The lowest BCUT2D eigenvalue weighted by Crippen LogP contribution is -1.86. The Kier molecular flexibility index (Phi) is 2.63. The van der Waals surface area contributed by atoms with Gasteiger partial charge in [-0.15, -0.1) is 12.4 Å². The SMILES string of the molecule is Cl.Nc1c(O)ccc2ccccc12. The van der Waals surface area contributed by atoms with Gasteiger partial charge in [0.05, 0.1) is 5.69 Å². The van der Waals surface area contributed by atoms with Crippen LogP contribution in [0.2, 0.25) is 0 Å². The molecule has 0 saturated carbocycles. The Labute approximate surface area is 82.4 Å². The Morgan fingerprint density at radius 1 is 1.00 bits per heavy atom. The van der Waals surface area contributed by atoms with Gasteiger partial charge in [0.15, 0.2) is 0 Å². The van der Waals surface area contributed by atoms with Crippen molar-refractivity contribution in [1.29, 1.82) is 0 Å². The summed E-state index contributed by atoms with van der Waals surface area (Å²) in [4.78, 5) is 0. The molecular formula is C10H10ClNO. The van der Waals surface area contributed by atoms with Crippen LogP contribution >= 0.6 is 12.4 Å². The quantitative estimate of drug-likeness (QED) is 0.501. The smallest absolute Gasteiger partial charge is 0.139 e. The molecule has 0 saturated heterocycles. The zero-order chi connectivity index (χ0) is 8.55. The Morgan fingerprint density at radius 3 is 2.46 bits per heavy atom. The molecule has 2 nitrogen and oxygen atoms in total. The van der Waals surface area contributed by atoms with Gasteiger partial charge in [0.25, 0.3) is 0 Å². The topological polar surface area (TPSA) is 46.2 Å². The van der Waals surface area contributed by atoms with Crippen molar-refractivity contribution < 1.29 is 5.11 Å². The van der Waals surface area contributed by atoms with Crippen LogP contribution in [0.4, 0.5) is 5.69 Å². The predicted molar refractivity (Wildman–Crippen MR) is 57.3 cm³/mol. The molecule has 0 aliphatic heterocycles. The van der Waals surface area contributed by atoms with Crippen molar-refractivity contribution in [3.05, 3.63) is 36.4 Å². The largest absolute Gasteiger partial charge is 0.506 e. The molecule has 0 aliphatic carbocycles. The lowest BCUT2D eigenvalue weighted by atomic mass is 10.1. The second-order valence-electron chi connectivity index (χ2n) is 2.72. The maximum Gasteiger partial charge on any atom is 0.139 e. The average molecular weight is 196 g/mol. The second-order valence-corrected chi connectivity index (χ2v) is 2.72. The van der Waals surface area contributed by atoms with Crippen LogP contribution in [0.5, 0.6) is 5.75 Å². The first-order valence-corrected chi connectivity index (χ1v) is 3.75. The van der Waals surface area contributed by atoms with E-state index >= 15 is 0 Å². The molecule has 0 heterocycles. The van der Waals surface area contributed by atoms with Crippen LogP contribution in [0.1, 0.15) is 0 Å². The maximum atomic E-state index is 9.29. The zero-order valence-corrected chi connectivity index (χ0v) is 7.71. The normalized spacial score (nSPS) is 9.54. The van der Waals surface area contributed by atoms with Gasteiger partial charge < -0.3 is 10.8 Å². The van der Waals surface area contributed by atoms with E-state index in [1.165, 1.54) is 0 Å². The lowest BCUT2D eigenvalue weighted by Gasteiger charge is -2.02. The van der Waals surface area contributed by atoms with Gasteiger partial charge in [0.2, 0.25) is 0 Å². The molecule has 0 aliphatic rings. The van der Waals surface area contributed by atoms with Gasteiger partial charge in [-0.1, -0.05) is 30.3 Å². The van der Waals surface area contributed by atoms with Gasteiger partial charge in [-0.05, 0) is 11.5 Å². The molecule has 0 aromatic heterocycles. The summed E-state index contributed by atoms with van der Waals surface area (Å²) < 4.78 is 0. The molecule has 0 spiro atoms. The summed E-state index contributed by atoms with van der Waals surface area (Å²) in [7, 11) is 0. The lowest BCUT2D eigenvalue weighted by molar-refractivity contribution is 0.478. The fourth-order valence-corrected chi connectivity index (χ4v) is 1.28. The monoisotopic (exact) mass is 195 g/mol. The summed E-state index contributed by atoms with van der Waals surface area (Å²) in [5, 5.41) is 11.2. The summed E-state index contributed by atoms with van der Waals surface area (Å²) in [5.41, 5.74) is 6.12. The van der Waals surface area contributed by atoms with E-state index in [2.05, 4.69) is 0 Å². The average Bonchev–Trinajstić information content (AvgIpc) is 2.12. The van der Waals surface area contributed by atoms with Gasteiger partial charge in [0, 0.05) is 5.39 Å². The number of nitrogen functional groups attached to an aromatic ring is 1. The first-order valence-electron chi connectivity index (χ1n) is 3.75. The van der Waals surface area contributed by atoms with Crippen LogP contribution in [-0.4, -0.2) is 5.11 Å². The van der Waals surface area contributed by atoms with E-state index in [9.17, 15) is 5.11 Å². The molecule has 2 aromatic rings. The van der Waals surface area contributed by atoms with Crippen molar-refractivity contribution in [2.24, 2.45) is 0 Å². The number of nitrogens with two attached hydrogens (primary N) is 1. The number of rotatable bonds is 0. The fraction of sp³-hybridized carbons (Fsp3) is 0. The highest BCUT2D eigenvalue weighted by Gasteiger charge is 2.00. The molecule has 0 fully saturated rings. The first kappa shape index (κ1) is 9.68. The van der Waals surface area contributed by atoms with Crippen molar-refractivity contribution in [2.45, 2.75) is 0 Å². The van der Waals surface area contributed by atoms with E-state index in [-0.39, 0.29) is 18.2 Å². The molecule has 0 radical (unpaired) electrons. The third-order valence-corrected chi connectivity index (χ3v) is 1.95. The van der Waals surface area contributed by atoms with E-state index in [0.29, 0.717) is 5.69 Å². The number of hydrogen-bond acceptors (Lipinski definition) is 2. The van der Waals surface area contributed by atoms with E-state index in [4.69, 9.17) is 5.73 Å². The molecule has 3 heteroatoms. The third-order valence-electron chi connectivity index (χ3n) is 1.95. The zero-order valence-electron chi connectivity index (χ0n) is 6.90. The van der Waals surface area contributed by atoms with Crippen molar-refractivity contribution in [1.82, 2.24) is 0 Å². The van der Waals surface area contributed by atoms with Crippen LogP contribution in [0.25, 0.3) is 10.8 Å². The summed E-state index contributed by atoms with van der Waals surface area (Å²) in [6.07, 6.45) is 0. The molecule has 0 bridgehead atoms. The highest BCUT2D eigenvalue weighted by molar-refractivity contribution is 5.95. The number of phenolic OH excluding ortho intramolecular Hbond substituents is 1. The van der Waals surface area contributed by atoms with Gasteiger partial charge >= 0.3 is 0 Å². The Morgan fingerprint density at radius 2 is 1.69 bits per heavy atom. The summed E-state index contributed by atoms with van der Waals surface area (Å²) in [5.74, 6) is 0.147. The molecule has 3 N–H and O–H groups in total. The minimum atomic E-state index is 0. The molecule has 0 amide bonds. The molecule has 0 atom stereocenters. The van der Waals surface area contributed by atoms with E-state index < -0.39 is 0 Å². The Bertz CT molecular complexity index is 428. The Hall–Kier alpha value is -1.41. The van der Waals surface area contributed by atoms with E-state index in [0.717, 1.165) is 10.8 Å². The number of anilines is 1. The number of benzene rings is 2. The van der Waals surface area contributed by atoms with Crippen molar-refractivity contribution in [3.8, 4) is 5.75 Å². The van der Waals surface area contributed by atoms with Gasteiger partial charge in [-0.2, -0.15) is 0 Å². The van der Waals surface area contributed by atoms with E-state index in [1.54, 1.807) is 6.07 Å². The van der Waals surface area contributed by atoms with Crippen molar-refractivity contribution in [3.63, 3.8) is 0 Å². The van der Waals surface area contributed by atoms with Gasteiger partial charge in [0.1, 0.15) is 5.75 Å². The highest BCUT2D eigenvalue weighted by Crippen LogP contribution is 2.28. The third kappa shape index (κ3) is 1.53. The van der Waals surface area contributed by atoms with Crippen LogP contribution in [-0.2, 0) is 0 Å². The van der Waals surface area contributed by atoms with Crippen LogP contribution in [0, 0.1) is 0 Å². The van der Waals surface area contributed by atoms with Gasteiger partial charge in [-0.25, -0.2) is 0 Å². The summed E-state index contributed by atoms with van der Waals surface area (Å²) >= 11 is 0. The summed E-state index contributed by atoms with van der Waals surface area (Å²) in [6, 6.07) is 11.2. The number of phenols is 1. The fourth-order valence-electron chi connectivity index (χ4n) is 1.28. The maximum absolute atomic E-state index is 9.29. The first-order chi connectivity index (χ1) is 5.79. The number of fused-ring (bicyclic) bond motifs is 1. The number of hydrogen-bond donors (Lipinski definition) is 2. The minimum Gasteiger partial charge on any atom is -0.506 e.